The molecule has 0 fully saturated rings. The first kappa shape index (κ1) is 19.3. The highest BCUT2D eigenvalue weighted by Gasteiger charge is 2.12. The van der Waals surface area contributed by atoms with Gasteiger partial charge >= 0.3 is 0 Å². The van der Waals surface area contributed by atoms with Crippen LogP contribution in [0, 0.1) is 13.8 Å². The Kier molecular flexibility index (Phi) is 5.72. The molecule has 1 aromatic heterocycles. The SMILES string of the molecule is Cc1ccc(NC(=O)CSc2cn(Cc3ccccc3C)c3ccccc23)cc1. The Balaban J connectivity index is 1.51. The molecule has 0 aliphatic carbocycles. The smallest absolute Gasteiger partial charge is 0.234 e. The Bertz CT molecular complexity index is 1150. The molecule has 0 saturated carbocycles. The third-order valence-corrected chi connectivity index (χ3v) is 6.09. The number of amides is 1. The van der Waals surface area contributed by atoms with Crippen LogP contribution in [0.2, 0.25) is 0 Å². The fraction of sp³-hybridized carbons (Fsp3) is 0.160. The summed E-state index contributed by atoms with van der Waals surface area (Å²) in [6.07, 6.45) is 2.17. The second kappa shape index (κ2) is 8.58. The van der Waals surface area contributed by atoms with Gasteiger partial charge in [0.05, 0.1) is 5.75 Å². The van der Waals surface area contributed by atoms with Crippen LogP contribution < -0.4 is 5.32 Å². The van der Waals surface area contributed by atoms with Crippen LogP contribution in [0.4, 0.5) is 5.69 Å². The first-order chi connectivity index (χ1) is 14.1. The molecule has 4 rings (SSSR count). The number of nitrogens with zero attached hydrogens (tertiary/aromatic N) is 1. The summed E-state index contributed by atoms with van der Waals surface area (Å²) in [5.41, 5.74) is 5.80. The molecule has 0 aliphatic heterocycles. The van der Waals surface area contributed by atoms with Crippen molar-refractivity contribution in [2.75, 3.05) is 11.1 Å². The van der Waals surface area contributed by atoms with Gasteiger partial charge in [-0.3, -0.25) is 4.79 Å². The fourth-order valence-corrected chi connectivity index (χ4v) is 4.30. The van der Waals surface area contributed by atoms with Crippen LogP contribution in [0.1, 0.15) is 16.7 Å². The summed E-state index contributed by atoms with van der Waals surface area (Å²) in [5.74, 6) is 0.390. The number of thioether (sulfide) groups is 1. The number of rotatable bonds is 6. The van der Waals surface area contributed by atoms with Gasteiger partial charge in [0.15, 0.2) is 0 Å². The number of para-hydroxylation sites is 1. The van der Waals surface area contributed by atoms with E-state index in [0.29, 0.717) is 5.75 Å². The van der Waals surface area contributed by atoms with Gasteiger partial charge in [0, 0.05) is 34.2 Å². The van der Waals surface area contributed by atoms with Gasteiger partial charge in [-0.1, -0.05) is 60.2 Å². The molecule has 29 heavy (non-hydrogen) atoms. The van der Waals surface area contributed by atoms with E-state index in [-0.39, 0.29) is 5.91 Å². The topological polar surface area (TPSA) is 34.0 Å². The van der Waals surface area contributed by atoms with Crippen LogP contribution in [-0.2, 0) is 11.3 Å². The molecule has 0 bridgehead atoms. The Hall–Kier alpha value is -2.98. The predicted molar refractivity (Wildman–Crippen MR) is 123 cm³/mol. The molecule has 1 N–H and O–H groups in total. The standard InChI is InChI=1S/C25H24N2OS/c1-18-11-13-21(14-12-18)26-25(28)17-29-24-16-27(23-10-6-5-9-22(23)24)15-20-8-4-3-7-19(20)2/h3-14,16H,15,17H2,1-2H3,(H,26,28). The van der Waals surface area contributed by atoms with Gasteiger partial charge in [0.1, 0.15) is 0 Å². The van der Waals surface area contributed by atoms with E-state index in [0.717, 1.165) is 17.1 Å². The molecular weight excluding hydrogens is 376 g/mol. The van der Waals surface area contributed by atoms with Crippen molar-refractivity contribution in [1.29, 1.82) is 0 Å². The number of hydrogen-bond donors (Lipinski definition) is 1. The van der Waals surface area contributed by atoms with Crippen molar-refractivity contribution in [2.24, 2.45) is 0 Å². The fourth-order valence-electron chi connectivity index (χ4n) is 3.41. The minimum absolute atomic E-state index is 0.00888. The van der Waals surface area contributed by atoms with Crippen LogP contribution in [0.15, 0.2) is 83.9 Å². The molecule has 0 saturated heterocycles. The monoisotopic (exact) mass is 400 g/mol. The van der Waals surface area contributed by atoms with E-state index in [1.807, 2.05) is 31.2 Å². The molecular formula is C25H24N2OS. The summed E-state index contributed by atoms with van der Waals surface area (Å²) in [5, 5.41) is 4.16. The molecule has 1 amide bonds. The molecule has 0 unspecified atom stereocenters. The lowest BCUT2D eigenvalue weighted by Gasteiger charge is -2.08. The van der Waals surface area contributed by atoms with Crippen LogP contribution in [0.25, 0.3) is 10.9 Å². The molecule has 0 radical (unpaired) electrons. The maximum Gasteiger partial charge on any atom is 0.234 e. The second-order valence-electron chi connectivity index (χ2n) is 7.27. The zero-order chi connectivity index (χ0) is 20.2. The first-order valence-electron chi connectivity index (χ1n) is 9.72. The number of fused-ring (bicyclic) bond motifs is 1. The number of hydrogen-bond acceptors (Lipinski definition) is 2. The summed E-state index contributed by atoms with van der Waals surface area (Å²) in [6, 6.07) is 24.7. The minimum Gasteiger partial charge on any atom is -0.342 e. The Morgan fingerprint density at radius 2 is 1.66 bits per heavy atom. The Morgan fingerprint density at radius 1 is 0.931 bits per heavy atom. The summed E-state index contributed by atoms with van der Waals surface area (Å²) in [4.78, 5) is 13.5. The van der Waals surface area contributed by atoms with Crippen LogP contribution in [0.3, 0.4) is 0 Å². The quantitative estimate of drug-likeness (QED) is 0.401. The molecule has 0 spiro atoms. The number of anilines is 1. The number of carbonyl (C=O) groups is 1. The number of aryl methyl sites for hydroxylation is 2. The lowest BCUT2D eigenvalue weighted by molar-refractivity contribution is -0.113. The van der Waals surface area contributed by atoms with Crippen molar-refractivity contribution in [3.8, 4) is 0 Å². The molecule has 0 atom stereocenters. The van der Waals surface area contributed by atoms with Gasteiger partial charge in [0.2, 0.25) is 5.91 Å². The summed E-state index contributed by atoms with van der Waals surface area (Å²) in [7, 11) is 0. The first-order valence-corrected chi connectivity index (χ1v) is 10.7. The molecule has 4 aromatic rings. The van der Waals surface area contributed by atoms with Gasteiger partial charge in [-0.2, -0.15) is 0 Å². The molecule has 3 nitrogen and oxygen atoms in total. The second-order valence-corrected chi connectivity index (χ2v) is 8.28. The van der Waals surface area contributed by atoms with E-state index < -0.39 is 0 Å². The summed E-state index contributed by atoms with van der Waals surface area (Å²) < 4.78 is 2.28. The van der Waals surface area contributed by atoms with Gasteiger partial charge in [-0.25, -0.2) is 0 Å². The highest BCUT2D eigenvalue weighted by atomic mass is 32.2. The number of benzene rings is 3. The van der Waals surface area contributed by atoms with Gasteiger partial charge in [0.25, 0.3) is 0 Å². The Morgan fingerprint density at radius 3 is 2.45 bits per heavy atom. The van der Waals surface area contributed by atoms with Crippen LogP contribution >= 0.6 is 11.8 Å². The van der Waals surface area contributed by atoms with Crippen molar-refractivity contribution in [1.82, 2.24) is 4.57 Å². The van der Waals surface area contributed by atoms with Crippen molar-refractivity contribution < 1.29 is 4.79 Å². The average Bonchev–Trinajstić information content (AvgIpc) is 3.08. The van der Waals surface area contributed by atoms with Gasteiger partial charge < -0.3 is 9.88 Å². The van der Waals surface area contributed by atoms with E-state index in [1.165, 1.54) is 27.6 Å². The minimum atomic E-state index is 0.00888. The lowest BCUT2D eigenvalue weighted by Crippen LogP contribution is -2.13. The number of nitrogens with one attached hydrogen (secondary N) is 1. The van der Waals surface area contributed by atoms with E-state index in [2.05, 4.69) is 71.5 Å². The zero-order valence-corrected chi connectivity index (χ0v) is 17.5. The largest absolute Gasteiger partial charge is 0.342 e. The summed E-state index contributed by atoms with van der Waals surface area (Å²) in [6.45, 7) is 5.00. The number of carbonyl (C=O) groups excluding carboxylic acids is 1. The molecule has 0 aliphatic rings. The third-order valence-electron chi connectivity index (χ3n) is 5.05. The molecule has 3 aromatic carbocycles. The lowest BCUT2D eigenvalue weighted by atomic mass is 10.1. The van der Waals surface area contributed by atoms with Crippen LogP contribution in [-0.4, -0.2) is 16.2 Å². The highest BCUT2D eigenvalue weighted by molar-refractivity contribution is 8.00. The van der Waals surface area contributed by atoms with Gasteiger partial charge in [-0.05, 0) is 43.2 Å². The normalized spacial score (nSPS) is 11.0. The Labute approximate surface area is 175 Å². The average molecular weight is 401 g/mol. The van der Waals surface area contributed by atoms with Crippen molar-refractivity contribution in [2.45, 2.75) is 25.3 Å². The maximum atomic E-state index is 12.4. The zero-order valence-electron chi connectivity index (χ0n) is 16.7. The maximum absolute atomic E-state index is 12.4. The number of aromatic nitrogens is 1. The molecule has 4 heteroatoms. The van der Waals surface area contributed by atoms with E-state index in [9.17, 15) is 4.79 Å². The molecule has 1 heterocycles. The van der Waals surface area contributed by atoms with E-state index >= 15 is 0 Å². The van der Waals surface area contributed by atoms with E-state index in [4.69, 9.17) is 0 Å². The van der Waals surface area contributed by atoms with Crippen LogP contribution in [0.5, 0.6) is 0 Å². The van der Waals surface area contributed by atoms with Crippen molar-refractivity contribution >= 4 is 34.3 Å². The van der Waals surface area contributed by atoms with Crippen molar-refractivity contribution in [3.63, 3.8) is 0 Å². The van der Waals surface area contributed by atoms with Gasteiger partial charge in [-0.15, -0.1) is 11.8 Å². The third kappa shape index (κ3) is 4.54. The van der Waals surface area contributed by atoms with Crippen molar-refractivity contribution in [3.05, 3.63) is 95.7 Å². The highest BCUT2D eigenvalue weighted by Crippen LogP contribution is 2.31. The summed E-state index contributed by atoms with van der Waals surface area (Å²) >= 11 is 1.58. The predicted octanol–water partition coefficient (Wildman–Crippen LogP) is 6.04. The van der Waals surface area contributed by atoms with E-state index in [1.54, 1.807) is 11.8 Å². The molecule has 146 valence electrons.